The number of nitrogens with one attached hydrogen (secondary N) is 1. The number of nitrogens with two attached hydrogens (primary N) is 1. The van der Waals surface area contributed by atoms with Gasteiger partial charge in [0.05, 0.1) is 13.1 Å². The number of aromatic nitrogens is 2. The summed E-state index contributed by atoms with van der Waals surface area (Å²) in [5.74, 6) is 0.770. The molecular weight excluding hydrogens is 196 g/mol. The van der Waals surface area contributed by atoms with Crippen LogP contribution in [0.15, 0.2) is 4.52 Å². The van der Waals surface area contributed by atoms with Gasteiger partial charge in [-0.2, -0.15) is 4.98 Å². The second-order valence-corrected chi connectivity index (χ2v) is 4.24. The number of carbonyl (C=O) groups is 1. The molecule has 0 unspecified atom stereocenters. The molecule has 0 atom stereocenters. The summed E-state index contributed by atoms with van der Waals surface area (Å²) in [4.78, 5) is 15.0. The molecule has 1 rings (SSSR count). The van der Waals surface area contributed by atoms with E-state index in [1.54, 1.807) is 0 Å². The molecule has 0 bridgehead atoms. The van der Waals surface area contributed by atoms with Crippen molar-refractivity contribution < 1.29 is 9.32 Å². The van der Waals surface area contributed by atoms with Crippen molar-refractivity contribution in [3.05, 3.63) is 11.7 Å². The van der Waals surface area contributed by atoms with Gasteiger partial charge in [-0.3, -0.25) is 4.79 Å². The highest BCUT2D eigenvalue weighted by atomic mass is 16.5. The summed E-state index contributed by atoms with van der Waals surface area (Å²) in [6.07, 6.45) is 0. The summed E-state index contributed by atoms with van der Waals surface area (Å²) in [6.45, 7) is 6.14. The van der Waals surface area contributed by atoms with Crippen LogP contribution in [0.4, 0.5) is 0 Å². The van der Waals surface area contributed by atoms with Crippen LogP contribution >= 0.6 is 0 Å². The van der Waals surface area contributed by atoms with Crippen LogP contribution in [-0.2, 0) is 16.8 Å². The number of rotatable bonds is 3. The van der Waals surface area contributed by atoms with Gasteiger partial charge in [0.25, 0.3) is 0 Å². The zero-order chi connectivity index (χ0) is 11.5. The molecule has 6 heteroatoms. The largest absolute Gasteiger partial charge is 0.346 e. The fourth-order valence-electron chi connectivity index (χ4n) is 0.878. The Balaban J connectivity index is 2.58. The Morgan fingerprint density at radius 1 is 1.53 bits per heavy atom. The van der Waals surface area contributed by atoms with Gasteiger partial charge < -0.3 is 15.6 Å². The van der Waals surface area contributed by atoms with Crippen molar-refractivity contribution in [2.75, 3.05) is 6.54 Å². The Morgan fingerprint density at radius 3 is 2.67 bits per heavy atom. The normalized spacial score (nSPS) is 11.5. The lowest BCUT2D eigenvalue weighted by Crippen LogP contribution is -2.29. The third-order valence-corrected chi connectivity index (χ3v) is 1.76. The maximum absolute atomic E-state index is 10.9. The Morgan fingerprint density at radius 2 is 2.20 bits per heavy atom. The SMILES string of the molecule is CC(C)(C)c1noc(CNC(=O)CN)n1. The highest BCUT2D eigenvalue weighted by molar-refractivity contribution is 5.77. The molecule has 1 amide bonds. The average molecular weight is 212 g/mol. The maximum Gasteiger partial charge on any atom is 0.246 e. The molecule has 0 saturated heterocycles. The molecule has 1 heterocycles. The van der Waals surface area contributed by atoms with E-state index < -0.39 is 0 Å². The monoisotopic (exact) mass is 212 g/mol. The molecular formula is C9H16N4O2. The Labute approximate surface area is 88.2 Å². The van der Waals surface area contributed by atoms with Gasteiger partial charge in [0.15, 0.2) is 5.82 Å². The van der Waals surface area contributed by atoms with Crippen molar-refractivity contribution in [3.8, 4) is 0 Å². The van der Waals surface area contributed by atoms with Crippen LogP contribution in [0.5, 0.6) is 0 Å². The van der Waals surface area contributed by atoms with Crippen molar-refractivity contribution in [2.45, 2.75) is 32.7 Å². The zero-order valence-corrected chi connectivity index (χ0v) is 9.20. The highest BCUT2D eigenvalue weighted by Gasteiger charge is 2.20. The standard InChI is InChI=1S/C9H16N4O2/c1-9(2,3)8-12-7(15-13-8)5-11-6(14)4-10/h4-5,10H2,1-3H3,(H,11,14). The number of hydrogen-bond donors (Lipinski definition) is 2. The topological polar surface area (TPSA) is 94.0 Å². The fraction of sp³-hybridized carbons (Fsp3) is 0.667. The van der Waals surface area contributed by atoms with E-state index in [9.17, 15) is 4.79 Å². The molecule has 84 valence electrons. The first kappa shape index (κ1) is 11.6. The minimum Gasteiger partial charge on any atom is -0.346 e. The van der Waals surface area contributed by atoms with E-state index in [0.717, 1.165) is 0 Å². The predicted octanol–water partition coefficient (Wildman–Crippen LogP) is -0.0580. The van der Waals surface area contributed by atoms with Crippen LogP contribution < -0.4 is 11.1 Å². The quantitative estimate of drug-likeness (QED) is 0.732. The Kier molecular flexibility index (Phi) is 3.41. The number of hydrogen-bond acceptors (Lipinski definition) is 5. The molecule has 0 aromatic carbocycles. The van der Waals surface area contributed by atoms with Gasteiger partial charge in [-0.25, -0.2) is 0 Å². The van der Waals surface area contributed by atoms with Crippen LogP contribution in [-0.4, -0.2) is 22.6 Å². The molecule has 0 saturated carbocycles. The van der Waals surface area contributed by atoms with Gasteiger partial charge in [0.2, 0.25) is 11.8 Å². The van der Waals surface area contributed by atoms with Gasteiger partial charge in [0.1, 0.15) is 0 Å². The molecule has 0 aliphatic rings. The van der Waals surface area contributed by atoms with E-state index in [-0.39, 0.29) is 24.4 Å². The van der Waals surface area contributed by atoms with E-state index >= 15 is 0 Å². The molecule has 15 heavy (non-hydrogen) atoms. The van der Waals surface area contributed by atoms with Gasteiger partial charge in [-0.1, -0.05) is 25.9 Å². The smallest absolute Gasteiger partial charge is 0.246 e. The van der Waals surface area contributed by atoms with Crippen LogP contribution in [0, 0.1) is 0 Å². The molecule has 0 aliphatic carbocycles. The summed E-state index contributed by atoms with van der Waals surface area (Å²) in [5.41, 5.74) is 4.98. The van der Waals surface area contributed by atoms with Crippen molar-refractivity contribution in [3.63, 3.8) is 0 Å². The summed E-state index contributed by atoms with van der Waals surface area (Å²) in [5, 5.41) is 6.38. The molecule has 1 aromatic rings. The van der Waals surface area contributed by atoms with E-state index in [0.29, 0.717) is 11.7 Å². The van der Waals surface area contributed by atoms with Gasteiger partial charge >= 0.3 is 0 Å². The number of carbonyl (C=O) groups excluding carboxylic acids is 1. The molecule has 6 nitrogen and oxygen atoms in total. The number of nitrogens with zero attached hydrogens (tertiary/aromatic N) is 2. The predicted molar refractivity (Wildman–Crippen MR) is 53.9 cm³/mol. The highest BCUT2D eigenvalue weighted by Crippen LogP contribution is 2.18. The minimum atomic E-state index is -0.245. The first-order chi connectivity index (χ1) is 6.93. The molecule has 0 spiro atoms. The first-order valence-electron chi connectivity index (χ1n) is 4.73. The van der Waals surface area contributed by atoms with E-state index in [2.05, 4.69) is 15.5 Å². The van der Waals surface area contributed by atoms with Gasteiger partial charge in [0, 0.05) is 5.41 Å². The zero-order valence-electron chi connectivity index (χ0n) is 9.20. The summed E-state index contributed by atoms with van der Waals surface area (Å²) >= 11 is 0. The fourth-order valence-corrected chi connectivity index (χ4v) is 0.878. The Bertz CT molecular complexity index is 340. The first-order valence-corrected chi connectivity index (χ1v) is 4.73. The molecule has 0 aliphatic heterocycles. The molecule has 0 radical (unpaired) electrons. The van der Waals surface area contributed by atoms with E-state index in [1.807, 2.05) is 20.8 Å². The van der Waals surface area contributed by atoms with E-state index in [1.165, 1.54) is 0 Å². The van der Waals surface area contributed by atoms with Crippen LogP contribution in [0.1, 0.15) is 32.5 Å². The van der Waals surface area contributed by atoms with Crippen LogP contribution in [0.3, 0.4) is 0 Å². The third-order valence-electron chi connectivity index (χ3n) is 1.76. The lowest BCUT2D eigenvalue weighted by atomic mass is 9.96. The Hall–Kier alpha value is -1.43. The maximum atomic E-state index is 10.9. The average Bonchev–Trinajstić information content (AvgIpc) is 2.61. The summed E-state index contributed by atoms with van der Waals surface area (Å²) < 4.78 is 4.97. The van der Waals surface area contributed by atoms with Gasteiger partial charge in [-0.15, -0.1) is 0 Å². The van der Waals surface area contributed by atoms with Crippen LogP contribution in [0.25, 0.3) is 0 Å². The number of amides is 1. The van der Waals surface area contributed by atoms with Crippen molar-refractivity contribution in [1.29, 1.82) is 0 Å². The van der Waals surface area contributed by atoms with Crippen LogP contribution in [0.2, 0.25) is 0 Å². The lowest BCUT2D eigenvalue weighted by molar-refractivity contribution is -0.120. The van der Waals surface area contributed by atoms with E-state index in [4.69, 9.17) is 10.3 Å². The molecule has 1 aromatic heterocycles. The lowest BCUT2D eigenvalue weighted by Gasteiger charge is -2.10. The second-order valence-electron chi connectivity index (χ2n) is 4.24. The third kappa shape index (κ3) is 3.32. The van der Waals surface area contributed by atoms with Crippen molar-refractivity contribution >= 4 is 5.91 Å². The summed E-state index contributed by atoms with van der Waals surface area (Å²) in [7, 11) is 0. The summed E-state index contributed by atoms with van der Waals surface area (Å²) in [6, 6.07) is 0. The second kappa shape index (κ2) is 4.39. The van der Waals surface area contributed by atoms with Gasteiger partial charge in [-0.05, 0) is 0 Å². The van der Waals surface area contributed by atoms with Crippen molar-refractivity contribution in [2.24, 2.45) is 5.73 Å². The molecule has 0 fully saturated rings. The minimum absolute atomic E-state index is 0.0414. The molecule has 3 N–H and O–H groups in total. The van der Waals surface area contributed by atoms with Crippen molar-refractivity contribution in [1.82, 2.24) is 15.5 Å².